The zero-order valence-electron chi connectivity index (χ0n) is 8.22. The summed E-state index contributed by atoms with van der Waals surface area (Å²) in [6, 6.07) is 5.58. The van der Waals surface area contributed by atoms with Gasteiger partial charge in [-0.2, -0.15) is 0 Å². The van der Waals surface area contributed by atoms with Crippen molar-refractivity contribution in [1.29, 1.82) is 0 Å². The summed E-state index contributed by atoms with van der Waals surface area (Å²) in [6.07, 6.45) is 1.13. The molecule has 0 fully saturated rings. The van der Waals surface area contributed by atoms with Crippen LogP contribution < -0.4 is 11.1 Å². The first-order chi connectivity index (χ1) is 6.74. The van der Waals surface area contributed by atoms with Crippen LogP contribution in [0.1, 0.15) is 6.42 Å². The average molecular weight is 231 g/mol. The highest BCUT2D eigenvalue weighted by Crippen LogP contribution is 2.28. The van der Waals surface area contributed by atoms with Gasteiger partial charge in [-0.25, -0.2) is 0 Å². The maximum atomic E-state index is 5.88. The molecule has 1 aromatic carbocycles. The first-order valence-corrected chi connectivity index (χ1v) is 5.93. The van der Waals surface area contributed by atoms with E-state index in [1.165, 1.54) is 0 Å². The minimum absolute atomic E-state index is 0.746. The zero-order valence-corrected chi connectivity index (χ0v) is 9.79. The van der Waals surface area contributed by atoms with E-state index in [9.17, 15) is 0 Å². The van der Waals surface area contributed by atoms with E-state index < -0.39 is 0 Å². The predicted molar refractivity (Wildman–Crippen MR) is 65.1 cm³/mol. The number of hydrogen-bond acceptors (Lipinski definition) is 3. The van der Waals surface area contributed by atoms with Gasteiger partial charge < -0.3 is 11.1 Å². The molecule has 0 aliphatic heterocycles. The summed E-state index contributed by atoms with van der Waals surface area (Å²) in [5, 5.41) is 3.85. The van der Waals surface area contributed by atoms with E-state index in [1.54, 1.807) is 11.8 Å². The van der Waals surface area contributed by atoms with E-state index >= 15 is 0 Å². The monoisotopic (exact) mass is 230 g/mol. The van der Waals surface area contributed by atoms with Crippen LogP contribution in [0.3, 0.4) is 0 Å². The van der Waals surface area contributed by atoms with Crippen molar-refractivity contribution in [3.8, 4) is 0 Å². The molecule has 0 bridgehead atoms. The first kappa shape index (κ1) is 11.7. The highest BCUT2D eigenvalue weighted by atomic mass is 35.5. The lowest BCUT2D eigenvalue weighted by molar-refractivity contribution is 0.778. The number of nitrogens with two attached hydrogens (primary N) is 1. The van der Waals surface area contributed by atoms with Gasteiger partial charge in [0.2, 0.25) is 0 Å². The van der Waals surface area contributed by atoms with Crippen LogP contribution in [0.4, 0.5) is 5.69 Å². The Bertz CT molecular complexity index is 291. The summed E-state index contributed by atoms with van der Waals surface area (Å²) in [5.41, 5.74) is 6.62. The van der Waals surface area contributed by atoms with Crippen molar-refractivity contribution >= 4 is 29.1 Å². The van der Waals surface area contributed by atoms with Crippen molar-refractivity contribution in [2.45, 2.75) is 11.3 Å². The highest BCUT2D eigenvalue weighted by Gasteiger charge is 2.00. The van der Waals surface area contributed by atoms with Gasteiger partial charge in [-0.15, -0.1) is 11.8 Å². The maximum Gasteiger partial charge on any atom is 0.0453 e. The lowest BCUT2D eigenvalue weighted by Gasteiger charge is -2.05. The van der Waals surface area contributed by atoms with Crippen molar-refractivity contribution in [1.82, 2.24) is 5.32 Å². The lowest BCUT2D eigenvalue weighted by atomic mass is 10.3. The van der Waals surface area contributed by atoms with Gasteiger partial charge >= 0.3 is 0 Å². The SMILES string of the molecule is CNCCCSc1cc(Cl)ccc1N. The molecule has 1 rings (SSSR count). The van der Waals surface area contributed by atoms with Crippen LogP contribution in [0.5, 0.6) is 0 Å². The quantitative estimate of drug-likeness (QED) is 0.464. The Morgan fingerprint density at radius 3 is 3.00 bits per heavy atom. The van der Waals surface area contributed by atoms with Crippen molar-refractivity contribution in [3.05, 3.63) is 23.2 Å². The molecule has 0 aliphatic carbocycles. The number of hydrogen-bond donors (Lipinski definition) is 2. The third-order valence-electron chi connectivity index (χ3n) is 1.80. The summed E-state index contributed by atoms with van der Waals surface area (Å²) < 4.78 is 0. The standard InChI is InChI=1S/C10H15ClN2S/c1-13-5-2-6-14-10-7-8(11)3-4-9(10)12/h3-4,7,13H,2,5-6,12H2,1H3. The van der Waals surface area contributed by atoms with Crippen molar-refractivity contribution in [3.63, 3.8) is 0 Å². The minimum atomic E-state index is 0.746. The summed E-state index contributed by atoms with van der Waals surface area (Å²) in [4.78, 5) is 1.08. The van der Waals surface area contributed by atoms with Gasteiger partial charge in [0.15, 0.2) is 0 Å². The summed E-state index contributed by atoms with van der Waals surface area (Å²) in [6.45, 7) is 1.04. The van der Waals surface area contributed by atoms with Crippen LogP contribution in [0.15, 0.2) is 23.1 Å². The molecule has 2 nitrogen and oxygen atoms in total. The van der Waals surface area contributed by atoms with Crippen LogP contribution in [0.2, 0.25) is 5.02 Å². The molecule has 0 heterocycles. The normalized spacial score (nSPS) is 10.4. The molecule has 0 saturated carbocycles. The number of anilines is 1. The Balaban J connectivity index is 2.45. The lowest BCUT2D eigenvalue weighted by Crippen LogP contribution is -2.08. The molecule has 0 atom stereocenters. The average Bonchev–Trinajstić information content (AvgIpc) is 2.18. The van der Waals surface area contributed by atoms with Crippen molar-refractivity contribution < 1.29 is 0 Å². The third-order valence-corrected chi connectivity index (χ3v) is 3.20. The molecule has 0 spiro atoms. The molecule has 4 heteroatoms. The maximum absolute atomic E-state index is 5.88. The van der Waals surface area contributed by atoms with E-state index in [0.29, 0.717) is 0 Å². The fourth-order valence-corrected chi connectivity index (χ4v) is 2.25. The van der Waals surface area contributed by atoms with Gasteiger partial charge in [-0.1, -0.05) is 11.6 Å². The number of nitrogens with one attached hydrogen (secondary N) is 1. The Morgan fingerprint density at radius 1 is 1.50 bits per heavy atom. The summed E-state index contributed by atoms with van der Waals surface area (Å²) in [7, 11) is 1.96. The van der Waals surface area contributed by atoms with Gasteiger partial charge in [0.1, 0.15) is 0 Å². The second-order valence-corrected chi connectivity index (χ2v) is 4.56. The van der Waals surface area contributed by atoms with E-state index in [1.807, 2.05) is 25.2 Å². The van der Waals surface area contributed by atoms with E-state index in [4.69, 9.17) is 17.3 Å². The van der Waals surface area contributed by atoms with Crippen LogP contribution >= 0.6 is 23.4 Å². The molecule has 0 unspecified atom stereocenters. The first-order valence-electron chi connectivity index (χ1n) is 4.56. The molecule has 78 valence electrons. The molecule has 3 N–H and O–H groups in total. The number of rotatable bonds is 5. The van der Waals surface area contributed by atoms with Crippen molar-refractivity contribution in [2.75, 3.05) is 25.1 Å². The predicted octanol–water partition coefficient (Wildman–Crippen LogP) is 2.62. The van der Waals surface area contributed by atoms with E-state index in [2.05, 4.69) is 5.32 Å². The third kappa shape index (κ3) is 3.78. The van der Waals surface area contributed by atoms with Crippen LogP contribution in [0, 0.1) is 0 Å². The summed E-state index contributed by atoms with van der Waals surface area (Å²) in [5.74, 6) is 1.06. The van der Waals surface area contributed by atoms with E-state index in [-0.39, 0.29) is 0 Å². The number of benzene rings is 1. The van der Waals surface area contributed by atoms with Gasteiger partial charge in [0.05, 0.1) is 0 Å². The molecule has 0 aliphatic rings. The molecule has 0 radical (unpaired) electrons. The van der Waals surface area contributed by atoms with Gasteiger partial charge in [0.25, 0.3) is 0 Å². The second-order valence-electron chi connectivity index (χ2n) is 2.99. The Morgan fingerprint density at radius 2 is 2.29 bits per heavy atom. The Kier molecular flexibility index (Phi) is 5.15. The smallest absolute Gasteiger partial charge is 0.0453 e. The van der Waals surface area contributed by atoms with Gasteiger partial charge in [-0.3, -0.25) is 0 Å². The van der Waals surface area contributed by atoms with Crippen LogP contribution in [-0.4, -0.2) is 19.3 Å². The molecule has 0 amide bonds. The van der Waals surface area contributed by atoms with Gasteiger partial charge in [0, 0.05) is 15.6 Å². The van der Waals surface area contributed by atoms with E-state index in [0.717, 1.165) is 34.3 Å². The highest BCUT2D eigenvalue weighted by molar-refractivity contribution is 7.99. The molecule has 0 aromatic heterocycles. The fraction of sp³-hybridized carbons (Fsp3) is 0.400. The molecule has 1 aromatic rings. The molecular weight excluding hydrogens is 216 g/mol. The molecule has 0 saturated heterocycles. The number of nitrogen functional groups attached to an aromatic ring is 1. The number of halogens is 1. The zero-order chi connectivity index (χ0) is 10.4. The fourth-order valence-electron chi connectivity index (χ4n) is 1.06. The topological polar surface area (TPSA) is 38.0 Å². The molecular formula is C10H15ClN2S. The van der Waals surface area contributed by atoms with Crippen LogP contribution in [0.25, 0.3) is 0 Å². The minimum Gasteiger partial charge on any atom is -0.398 e. The largest absolute Gasteiger partial charge is 0.398 e. The number of thioether (sulfide) groups is 1. The Hall–Kier alpha value is -0.380. The Labute approximate surface area is 94.2 Å². The summed E-state index contributed by atoms with van der Waals surface area (Å²) >= 11 is 7.63. The van der Waals surface area contributed by atoms with Crippen LogP contribution in [-0.2, 0) is 0 Å². The van der Waals surface area contributed by atoms with Crippen molar-refractivity contribution in [2.24, 2.45) is 0 Å². The van der Waals surface area contributed by atoms with Gasteiger partial charge in [-0.05, 0) is 44.0 Å². The second kappa shape index (κ2) is 6.17. The molecule has 14 heavy (non-hydrogen) atoms.